The highest BCUT2D eigenvalue weighted by molar-refractivity contribution is 5.29. The molecule has 0 saturated carbocycles. The van der Waals surface area contributed by atoms with E-state index in [2.05, 4.69) is 37.9 Å². The summed E-state index contributed by atoms with van der Waals surface area (Å²) in [6.45, 7) is 11.4. The van der Waals surface area contributed by atoms with Crippen molar-refractivity contribution < 1.29 is 9.13 Å². The molecule has 1 aliphatic rings. The smallest absolute Gasteiger partial charge is 0.165 e. The van der Waals surface area contributed by atoms with Crippen molar-refractivity contribution >= 4 is 0 Å². The summed E-state index contributed by atoms with van der Waals surface area (Å²) in [5.41, 5.74) is 1.13. The highest BCUT2D eigenvalue weighted by Crippen LogP contribution is 2.26. The van der Waals surface area contributed by atoms with Gasteiger partial charge in [-0.1, -0.05) is 6.07 Å². The third-order valence-electron chi connectivity index (χ3n) is 4.03. The van der Waals surface area contributed by atoms with E-state index in [0.717, 1.165) is 25.2 Å². The molecule has 0 aliphatic carbocycles. The third kappa shape index (κ3) is 3.30. The minimum absolute atomic E-state index is 0.0614. The van der Waals surface area contributed by atoms with Crippen LogP contribution in [0.3, 0.4) is 0 Å². The van der Waals surface area contributed by atoms with Gasteiger partial charge in [0, 0.05) is 30.7 Å². The molecule has 1 saturated heterocycles. The molecular weight excluding hydrogens is 255 g/mol. The third-order valence-corrected chi connectivity index (χ3v) is 4.03. The molecular formula is C16H25FN2O. The summed E-state index contributed by atoms with van der Waals surface area (Å²) < 4.78 is 18.8. The first kappa shape index (κ1) is 15.3. The van der Waals surface area contributed by atoms with Gasteiger partial charge in [-0.3, -0.25) is 4.90 Å². The topological polar surface area (TPSA) is 24.5 Å². The summed E-state index contributed by atoms with van der Waals surface area (Å²) in [5.74, 6) is 0.00542. The van der Waals surface area contributed by atoms with Crippen LogP contribution < -0.4 is 10.1 Å². The van der Waals surface area contributed by atoms with Crippen LogP contribution in [-0.4, -0.2) is 36.2 Å². The molecule has 112 valence electrons. The highest BCUT2D eigenvalue weighted by atomic mass is 19.1. The van der Waals surface area contributed by atoms with Gasteiger partial charge in [0.15, 0.2) is 11.6 Å². The Labute approximate surface area is 121 Å². The molecule has 4 heteroatoms. The molecule has 1 fully saturated rings. The molecule has 1 heterocycles. The molecule has 0 spiro atoms. The lowest BCUT2D eigenvalue weighted by Gasteiger charge is -2.49. The van der Waals surface area contributed by atoms with Gasteiger partial charge in [-0.25, -0.2) is 4.39 Å². The average molecular weight is 280 g/mol. The highest BCUT2D eigenvalue weighted by Gasteiger charge is 2.37. The molecule has 2 rings (SSSR count). The minimum Gasteiger partial charge on any atom is -0.494 e. The van der Waals surface area contributed by atoms with Gasteiger partial charge in [0.1, 0.15) is 0 Å². The number of ether oxygens (including phenoxy) is 1. The fraction of sp³-hybridized carbons (Fsp3) is 0.625. The molecule has 0 atom stereocenters. The van der Waals surface area contributed by atoms with Crippen LogP contribution in [0.15, 0.2) is 18.2 Å². The molecule has 1 aromatic rings. The number of rotatable bonds is 3. The van der Waals surface area contributed by atoms with Crippen molar-refractivity contribution in [3.63, 3.8) is 0 Å². The largest absolute Gasteiger partial charge is 0.494 e. The predicted octanol–water partition coefficient (Wildman–Crippen LogP) is 2.80. The lowest BCUT2D eigenvalue weighted by Crippen LogP contribution is -2.65. The lowest BCUT2D eigenvalue weighted by molar-refractivity contribution is 0.0323. The van der Waals surface area contributed by atoms with Gasteiger partial charge in [-0.15, -0.1) is 0 Å². The molecule has 1 aromatic carbocycles. The Morgan fingerprint density at radius 3 is 2.60 bits per heavy atom. The van der Waals surface area contributed by atoms with Crippen LogP contribution in [0.25, 0.3) is 0 Å². The number of halogens is 1. The van der Waals surface area contributed by atoms with E-state index in [1.807, 2.05) is 6.07 Å². The summed E-state index contributed by atoms with van der Waals surface area (Å²) >= 11 is 0. The maximum absolute atomic E-state index is 13.8. The van der Waals surface area contributed by atoms with Gasteiger partial charge >= 0.3 is 0 Å². The molecule has 20 heavy (non-hydrogen) atoms. The van der Waals surface area contributed by atoms with Crippen molar-refractivity contribution in [2.24, 2.45) is 0 Å². The number of hydrogen-bond acceptors (Lipinski definition) is 3. The summed E-state index contributed by atoms with van der Waals surface area (Å²) in [6, 6.07) is 5.21. The van der Waals surface area contributed by atoms with Gasteiger partial charge in [0.05, 0.1) is 7.11 Å². The number of benzene rings is 1. The van der Waals surface area contributed by atoms with E-state index in [4.69, 9.17) is 4.74 Å². The molecule has 1 aliphatic heterocycles. The van der Waals surface area contributed by atoms with Gasteiger partial charge in [-0.05, 0) is 45.4 Å². The fourth-order valence-electron chi connectivity index (χ4n) is 2.61. The van der Waals surface area contributed by atoms with Crippen LogP contribution >= 0.6 is 0 Å². The molecule has 3 nitrogen and oxygen atoms in total. The lowest BCUT2D eigenvalue weighted by atomic mass is 9.91. The Hall–Kier alpha value is -1.13. The molecule has 0 bridgehead atoms. The normalized spacial score (nSPS) is 21.7. The number of hydrogen-bond donors (Lipinski definition) is 1. The summed E-state index contributed by atoms with van der Waals surface area (Å²) in [7, 11) is 1.49. The van der Waals surface area contributed by atoms with E-state index in [0.29, 0.717) is 5.75 Å². The number of nitrogens with zero attached hydrogens (tertiary/aromatic N) is 1. The first-order valence-corrected chi connectivity index (χ1v) is 7.06. The van der Waals surface area contributed by atoms with Crippen LogP contribution in [-0.2, 0) is 6.54 Å². The fourth-order valence-corrected chi connectivity index (χ4v) is 2.61. The monoisotopic (exact) mass is 280 g/mol. The quantitative estimate of drug-likeness (QED) is 0.921. The molecule has 0 amide bonds. The second kappa shape index (κ2) is 5.34. The molecule has 0 radical (unpaired) electrons. The molecule has 0 unspecified atom stereocenters. The van der Waals surface area contributed by atoms with Crippen molar-refractivity contribution in [3.05, 3.63) is 29.6 Å². The van der Waals surface area contributed by atoms with Crippen molar-refractivity contribution in [2.75, 3.05) is 20.2 Å². The van der Waals surface area contributed by atoms with Gasteiger partial charge in [-0.2, -0.15) is 0 Å². The minimum atomic E-state index is -0.294. The standard InChI is InChI=1S/C16H25FN2O/c1-15(2)11-19(16(3,4)10-18-15)9-12-6-7-14(20-5)13(17)8-12/h6-8,18H,9-11H2,1-5H3. The zero-order valence-electron chi connectivity index (χ0n) is 13.1. The number of methoxy groups -OCH3 is 1. The van der Waals surface area contributed by atoms with Crippen LogP contribution in [0.1, 0.15) is 33.3 Å². The zero-order chi connectivity index (χ0) is 15.0. The van der Waals surface area contributed by atoms with Crippen molar-refractivity contribution in [1.29, 1.82) is 0 Å². The van der Waals surface area contributed by atoms with E-state index >= 15 is 0 Å². The van der Waals surface area contributed by atoms with E-state index < -0.39 is 0 Å². The zero-order valence-corrected chi connectivity index (χ0v) is 13.1. The first-order chi connectivity index (χ1) is 9.23. The predicted molar refractivity (Wildman–Crippen MR) is 79.5 cm³/mol. The Morgan fingerprint density at radius 2 is 2.00 bits per heavy atom. The van der Waals surface area contributed by atoms with Gasteiger partial charge in [0.2, 0.25) is 0 Å². The van der Waals surface area contributed by atoms with E-state index in [1.165, 1.54) is 7.11 Å². The summed E-state index contributed by atoms with van der Waals surface area (Å²) in [4.78, 5) is 2.41. The van der Waals surface area contributed by atoms with Crippen molar-refractivity contribution in [2.45, 2.75) is 45.3 Å². The van der Waals surface area contributed by atoms with Crippen LogP contribution in [0.5, 0.6) is 5.75 Å². The SMILES string of the molecule is COc1ccc(CN2CC(C)(C)NCC2(C)C)cc1F. The Morgan fingerprint density at radius 1 is 1.30 bits per heavy atom. The van der Waals surface area contributed by atoms with Crippen LogP contribution in [0.2, 0.25) is 0 Å². The number of piperazine rings is 1. The number of nitrogens with one attached hydrogen (secondary N) is 1. The summed E-state index contributed by atoms with van der Waals surface area (Å²) in [6.07, 6.45) is 0. The van der Waals surface area contributed by atoms with Gasteiger partial charge < -0.3 is 10.1 Å². The second-order valence-corrected chi connectivity index (χ2v) is 6.87. The van der Waals surface area contributed by atoms with Crippen molar-refractivity contribution in [1.82, 2.24) is 10.2 Å². The molecule has 1 N–H and O–H groups in total. The maximum atomic E-state index is 13.8. The van der Waals surface area contributed by atoms with Gasteiger partial charge in [0.25, 0.3) is 0 Å². The van der Waals surface area contributed by atoms with E-state index in [9.17, 15) is 4.39 Å². The second-order valence-electron chi connectivity index (χ2n) is 6.87. The molecule has 0 aromatic heterocycles. The van der Waals surface area contributed by atoms with Crippen molar-refractivity contribution in [3.8, 4) is 5.75 Å². The van der Waals surface area contributed by atoms with Crippen LogP contribution in [0, 0.1) is 5.82 Å². The first-order valence-electron chi connectivity index (χ1n) is 7.06. The Bertz CT molecular complexity index is 485. The Kier molecular flexibility index (Phi) is 4.07. The van der Waals surface area contributed by atoms with E-state index in [1.54, 1.807) is 12.1 Å². The van der Waals surface area contributed by atoms with Crippen LogP contribution in [0.4, 0.5) is 4.39 Å². The summed E-state index contributed by atoms with van der Waals surface area (Å²) in [5, 5.41) is 3.56. The van der Waals surface area contributed by atoms with E-state index in [-0.39, 0.29) is 16.9 Å². The maximum Gasteiger partial charge on any atom is 0.165 e. The Balaban J connectivity index is 2.17. The average Bonchev–Trinajstić information content (AvgIpc) is 2.35.